The standard InChI is InChI=1S/C23H33N5O2/c1-16(2)22(17-4-8-20(30-3)9-5-17)25-21(29)14-27-12-10-18(11-13-27)23-26-24-15-28(23)19-6-7-19/h4-5,8-9,15-16,18-19,22H,6-7,10-14H2,1-3H3,(H,25,29)/t22-/m0/s1. The Bertz CT molecular complexity index is 836. The van der Waals surface area contributed by atoms with Crippen LogP contribution in [-0.4, -0.2) is 52.3 Å². The molecule has 1 aromatic heterocycles. The minimum absolute atomic E-state index is 0.00182. The molecular weight excluding hydrogens is 378 g/mol. The van der Waals surface area contributed by atoms with Crippen LogP contribution >= 0.6 is 0 Å². The van der Waals surface area contributed by atoms with E-state index in [2.05, 4.69) is 38.8 Å². The predicted octanol–water partition coefficient (Wildman–Crippen LogP) is 3.31. The molecule has 7 nitrogen and oxygen atoms in total. The summed E-state index contributed by atoms with van der Waals surface area (Å²) in [4.78, 5) is 15.0. The van der Waals surface area contributed by atoms with E-state index in [-0.39, 0.29) is 11.9 Å². The van der Waals surface area contributed by atoms with Crippen molar-refractivity contribution in [3.8, 4) is 5.75 Å². The highest BCUT2D eigenvalue weighted by Crippen LogP contribution is 2.38. The number of benzene rings is 1. The third-order valence-electron chi connectivity index (χ3n) is 6.32. The van der Waals surface area contributed by atoms with E-state index in [9.17, 15) is 4.79 Å². The van der Waals surface area contributed by atoms with Gasteiger partial charge in [0.15, 0.2) is 0 Å². The Balaban J connectivity index is 1.29. The van der Waals surface area contributed by atoms with Crippen molar-refractivity contribution >= 4 is 5.91 Å². The minimum Gasteiger partial charge on any atom is -0.497 e. The number of likely N-dealkylation sites (tertiary alicyclic amines) is 1. The second-order valence-electron chi connectivity index (χ2n) is 8.94. The molecule has 2 aromatic rings. The fourth-order valence-corrected chi connectivity index (χ4v) is 4.40. The lowest BCUT2D eigenvalue weighted by molar-refractivity contribution is -0.123. The van der Waals surface area contributed by atoms with Crippen molar-refractivity contribution in [1.29, 1.82) is 0 Å². The molecule has 2 aliphatic rings. The smallest absolute Gasteiger partial charge is 0.234 e. The van der Waals surface area contributed by atoms with Gasteiger partial charge in [0.1, 0.15) is 17.9 Å². The maximum Gasteiger partial charge on any atom is 0.234 e. The van der Waals surface area contributed by atoms with Gasteiger partial charge in [-0.25, -0.2) is 0 Å². The maximum absolute atomic E-state index is 12.8. The molecule has 4 rings (SSSR count). The highest BCUT2D eigenvalue weighted by molar-refractivity contribution is 5.78. The van der Waals surface area contributed by atoms with Crippen LogP contribution in [0.25, 0.3) is 0 Å². The van der Waals surface area contributed by atoms with Gasteiger partial charge in [-0.15, -0.1) is 10.2 Å². The molecule has 1 aliphatic heterocycles. The number of nitrogens with one attached hydrogen (secondary N) is 1. The number of ether oxygens (including phenoxy) is 1. The maximum atomic E-state index is 12.8. The number of hydrogen-bond donors (Lipinski definition) is 1. The van der Waals surface area contributed by atoms with Crippen LogP contribution in [0.5, 0.6) is 5.75 Å². The van der Waals surface area contributed by atoms with Gasteiger partial charge in [-0.3, -0.25) is 9.69 Å². The summed E-state index contributed by atoms with van der Waals surface area (Å²) in [6.45, 7) is 6.56. The van der Waals surface area contributed by atoms with Crippen LogP contribution in [0.1, 0.15) is 68.9 Å². The average Bonchev–Trinajstić information content (AvgIpc) is 3.49. The van der Waals surface area contributed by atoms with E-state index >= 15 is 0 Å². The molecule has 1 aliphatic carbocycles. The third kappa shape index (κ3) is 4.83. The van der Waals surface area contributed by atoms with E-state index in [0.29, 0.717) is 24.4 Å². The van der Waals surface area contributed by atoms with E-state index in [4.69, 9.17) is 4.74 Å². The summed E-state index contributed by atoms with van der Waals surface area (Å²) in [5.74, 6) is 2.81. The Kier molecular flexibility index (Phi) is 6.37. The number of amides is 1. The van der Waals surface area contributed by atoms with E-state index < -0.39 is 0 Å². The first-order valence-corrected chi connectivity index (χ1v) is 11.1. The van der Waals surface area contributed by atoms with E-state index in [0.717, 1.165) is 43.1 Å². The number of carbonyl (C=O) groups excluding carboxylic acids is 1. The lowest BCUT2D eigenvalue weighted by Gasteiger charge is -2.32. The van der Waals surface area contributed by atoms with Crippen LogP contribution < -0.4 is 10.1 Å². The summed E-state index contributed by atoms with van der Waals surface area (Å²) >= 11 is 0. The molecule has 30 heavy (non-hydrogen) atoms. The zero-order valence-corrected chi connectivity index (χ0v) is 18.3. The van der Waals surface area contributed by atoms with Crippen LogP contribution in [0.3, 0.4) is 0 Å². The van der Waals surface area contributed by atoms with Crippen LogP contribution in [-0.2, 0) is 4.79 Å². The van der Waals surface area contributed by atoms with Crippen molar-refractivity contribution in [3.05, 3.63) is 42.0 Å². The summed E-state index contributed by atoms with van der Waals surface area (Å²) in [6.07, 6.45) is 6.44. The zero-order valence-electron chi connectivity index (χ0n) is 18.3. The Labute approximate surface area is 178 Å². The number of hydrogen-bond acceptors (Lipinski definition) is 5. The molecule has 1 atom stereocenters. The fourth-order valence-electron chi connectivity index (χ4n) is 4.40. The van der Waals surface area contributed by atoms with Crippen molar-refractivity contribution in [1.82, 2.24) is 25.0 Å². The van der Waals surface area contributed by atoms with Gasteiger partial charge in [-0.2, -0.15) is 0 Å². The van der Waals surface area contributed by atoms with Crippen molar-refractivity contribution < 1.29 is 9.53 Å². The average molecular weight is 412 g/mol. The van der Waals surface area contributed by atoms with Gasteiger partial charge in [0.2, 0.25) is 5.91 Å². The first kappa shape index (κ1) is 20.8. The van der Waals surface area contributed by atoms with Gasteiger partial charge < -0.3 is 14.6 Å². The van der Waals surface area contributed by atoms with Gasteiger partial charge in [0.25, 0.3) is 0 Å². The lowest BCUT2D eigenvalue weighted by Crippen LogP contribution is -2.43. The molecule has 0 spiro atoms. The summed E-state index contributed by atoms with van der Waals surface area (Å²) < 4.78 is 7.52. The molecule has 162 valence electrons. The predicted molar refractivity (Wildman–Crippen MR) is 115 cm³/mol. The highest BCUT2D eigenvalue weighted by atomic mass is 16.5. The van der Waals surface area contributed by atoms with Gasteiger partial charge in [0.05, 0.1) is 19.7 Å². The van der Waals surface area contributed by atoms with Crippen molar-refractivity contribution in [2.45, 2.75) is 57.5 Å². The van der Waals surface area contributed by atoms with Crippen LogP contribution in [0.15, 0.2) is 30.6 Å². The van der Waals surface area contributed by atoms with Crippen molar-refractivity contribution in [3.63, 3.8) is 0 Å². The molecule has 0 unspecified atom stereocenters. The molecule has 1 N–H and O–H groups in total. The first-order valence-electron chi connectivity index (χ1n) is 11.1. The molecule has 0 radical (unpaired) electrons. The minimum atomic E-state index is -0.00182. The van der Waals surface area contributed by atoms with E-state index in [1.54, 1.807) is 7.11 Å². The van der Waals surface area contributed by atoms with Crippen molar-refractivity contribution in [2.75, 3.05) is 26.7 Å². The van der Waals surface area contributed by atoms with E-state index in [1.165, 1.54) is 12.8 Å². The summed E-state index contributed by atoms with van der Waals surface area (Å²) in [6, 6.07) is 8.57. The normalized spacial score (nSPS) is 19.1. The van der Waals surface area contributed by atoms with Gasteiger partial charge in [-0.1, -0.05) is 26.0 Å². The number of carbonyl (C=O) groups is 1. The summed E-state index contributed by atoms with van der Waals surface area (Å²) in [7, 11) is 1.66. The second-order valence-corrected chi connectivity index (χ2v) is 8.94. The van der Waals surface area contributed by atoms with Crippen LogP contribution in [0, 0.1) is 5.92 Å². The van der Waals surface area contributed by atoms with Crippen LogP contribution in [0.2, 0.25) is 0 Å². The number of rotatable bonds is 8. The van der Waals surface area contributed by atoms with Crippen molar-refractivity contribution in [2.24, 2.45) is 5.92 Å². The van der Waals surface area contributed by atoms with Gasteiger partial charge in [0, 0.05) is 12.0 Å². The third-order valence-corrected chi connectivity index (χ3v) is 6.32. The fraction of sp³-hybridized carbons (Fsp3) is 0.609. The molecule has 0 bridgehead atoms. The molecule has 2 fully saturated rings. The second kappa shape index (κ2) is 9.16. The van der Waals surface area contributed by atoms with Crippen LogP contribution in [0.4, 0.5) is 0 Å². The molecule has 1 saturated carbocycles. The number of methoxy groups -OCH3 is 1. The Hall–Kier alpha value is -2.41. The molecule has 1 aromatic carbocycles. The molecule has 7 heteroatoms. The van der Waals surface area contributed by atoms with E-state index in [1.807, 2.05) is 30.6 Å². The topological polar surface area (TPSA) is 72.3 Å². The number of nitrogens with zero attached hydrogens (tertiary/aromatic N) is 4. The van der Waals surface area contributed by atoms with Gasteiger partial charge in [-0.05, 0) is 62.4 Å². The largest absolute Gasteiger partial charge is 0.497 e. The zero-order chi connectivity index (χ0) is 21.1. The first-order chi connectivity index (χ1) is 14.5. The monoisotopic (exact) mass is 411 g/mol. The molecular formula is C23H33N5O2. The Morgan fingerprint density at radius 1 is 1.17 bits per heavy atom. The molecule has 1 saturated heterocycles. The lowest BCUT2D eigenvalue weighted by atomic mass is 9.95. The Morgan fingerprint density at radius 3 is 2.47 bits per heavy atom. The quantitative estimate of drug-likeness (QED) is 0.721. The SMILES string of the molecule is COc1ccc([C@@H](NC(=O)CN2CCC(c3nncn3C3CC3)CC2)C(C)C)cc1. The summed E-state index contributed by atoms with van der Waals surface area (Å²) in [5, 5.41) is 11.8. The molecule has 1 amide bonds. The van der Waals surface area contributed by atoms with Gasteiger partial charge >= 0.3 is 0 Å². The highest BCUT2D eigenvalue weighted by Gasteiger charge is 2.31. The summed E-state index contributed by atoms with van der Waals surface area (Å²) in [5.41, 5.74) is 1.11. The molecule has 2 heterocycles. The number of piperidine rings is 1. The Morgan fingerprint density at radius 2 is 1.87 bits per heavy atom. The number of aromatic nitrogens is 3.